The van der Waals surface area contributed by atoms with Crippen molar-refractivity contribution in [1.82, 2.24) is 9.97 Å². The van der Waals surface area contributed by atoms with Gasteiger partial charge in [0.05, 0.1) is 5.69 Å². The summed E-state index contributed by atoms with van der Waals surface area (Å²) in [6.45, 7) is 1.97. The van der Waals surface area contributed by atoms with Crippen LogP contribution in [0.4, 0.5) is 19.0 Å². The second kappa shape index (κ2) is 6.78. The molecule has 1 aromatic heterocycles. The third kappa shape index (κ3) is 4.08. The summed E-state index contributed by atoms with van der Waals surface area (Å²) in [5, 5.41) is 0. The normalized spacial score (nSPS) is 18.0. The molecule has 2 fully saturated rings. The Morgan fingerprint density at radius 2 is 1.65 bits per heavy atom. The molecular formula is C19H20F3N3O. The molecule has 0 N–H and O–H groups in total. The molecule has 0 amide bonds. The second-order valence-corrected chi connectivity index (χ2v) is 6.86. The number of aromatic nitrogens is 2. The lowest BCUT2D eigenvalue weighted by atomic mass is 10.1. The number of hydrogen-bond donors (Lipinski definition) is 0. The number of anilines is 1. The van der Waals surface area contributed by atoms with E-state index < -0.39 is 6.36 Å². The Balaban J connectivity index is 1.63. The highest BCUT2D eigenvalue weighted by Gasteiger charge is 2.31. The van der Waals surface area contributed by atoms with Crippen molar-refractivity contribution in [3.63, 3.8) is 0 Å². The van der Waals surface area contributed by atoms with Crippen molar-refractivity contribution < 1.29 is 17.9 Å². The third-order valence-electron chi connectivity index (χ3n) is 4.74. The predicted molar refractivity (Wildman–Crippen MR) is 92.2 cm³/mol. The van der Waals surface area contributed by atoms with Crippen molar-refractivity contribution in [3.8, 4) is 17.0 Å². The minimum Gasteiger partial charge on any atom is -0.406 e. The Labute approximate surface area is 150 Å². The molecule has 0 unspecified atom stereocenters. The summed E-state index contributed by atoms with van der Waals surface area (Å²) >= 11 is 0. The first-order chi connectivity index (χ1) is 12.5. The number of benzene rings is 1. The molecule has 4 nitrogen and oxygen atoms in total. The SMILES string of the molecule is FC(F)(F)Oc1ccc(-c2cc(N3CCCCC3)nc(C3CC3)n2)cc1. The van der Waals surface area contributed by atoms with E-state index in [9.17, 15) is 13.2 Å². The van der Waals surface area contributed by atoms with E-state index in [0.29, 0.717) is 5.92 Å². The lowest BCUT2D eigenvalue weighted by Crippen LogP contribution is -2.30. The molecule has 4 rings (SSSR count). The number of halogens is 3. The fraction of sp³-hybridized carbons (Fsp3) is 0.474. The molecule has 0 atom stereocenters. The standard InChI is InChI=1S/C19H20F3N3O/c20-19(21,22)26-15-8-6-13(7-9-15)16-12-17(25-10-2-1-3-11-25)24-18(23-16)14-4-5-14/h6-9,12,14H,1-5,10-11H2. The van der Waals surface area contributed by atoms with Crippen molar-refractivity contribution >= 4 is 5.82 Å². The maximum absolute atomic E-state index is 12.3. The minimum atomic E-state index is -4.68. The average Bonchev–Trinajstić information content (AvgIpc) is 3.47. The highest BCUT2D eigenvalue weighted by Crippen LogP contribution is 2.40. The minimum absolute atomic E-state index is 0.228. The van der Waals surface area contributed by atoms with Crippen LogP contribution in [-0.2, 0) is 0 Å². The lowest BCUT2D eigenvalue weighted by molar-refractivity contribution is -0.274. The van der Waals surface area contributed by atoms with Gasteiger partial charge in [-0.1, -0.05) is 0 Å². The largest absolute Gasteiger partial charge is 0.573 e. The van der Waals surface area contributed by atoms with E-state index in [4.69, 9.17) is 4.98 Å². The summed E-state index contributed by atoms with van der Waals surface area (Å²) in [4.78, 5) is 11.7. The van der Waals surface area contributed by atoms with E-state index in [1.54, 1.807) is 12.1 Å². The zero-order valence-corrected chi connectivity index (χ0v) is 14.3. The fourth-order valence-electron chi connectivity index (χ4n) is 3.24. The van der Waals surface area contributed by atoms with E-state index in [2.05, 4.69) is 14.6 Å². The van der Waals surface area contributed by atoms with Gasteiger partial charge in [-0.15, -0.1) is 13.2 Å². The zero-order chi connectivity index (χ0) is 18.1. The number of alkyl halides is 3. The molecule has 1 aromatic carbocycles. The van der Waals surface area contributed by atoms with Crippen LogP contribution in [0.5, 0.6) is 5.75 Å². The Bertz CT molecular complexity index is 767. The number of hydrogen-bond acceptors (Lipinski definition) is 4. The van der Waals surface area contributed by atoms with Gasteiger partial charge in [0.25, 0.3) is 0 Å². The van der Waals surface area contributed by atoms with E-state index in [1.807, 2.05) is 6.07 Å². The highest BCUT2D eigenvalue weighted by molar-refractivity contribution is 5.64. The Kier molecular flexibility index (Phi) is 4.46. The van der Waals surface area contributed by atoms with Crippen LogP contribution < -0.4 is 9.64 Å². The van der Waals surface area contributed by atoms with Gasteiger partial charge in [0.2, 0.25) is 0 Å². The molecule has 7 heteroatoms. The smallest absolute Gasteiger partial charge is 0.406 e. The Hall–Kier alpha value is -2.31. The zero-order valence-electron chi connectivity index (χ0n) is 14.3. The van der Waals surface area contributed by atoms with Crippen LogP contribution in [0.3, 0.4) is 0 Å². The molecular weight excluding hydrogens is 343 g/mol. The molecule has 1 saturated carbocycles. The van der Waals surface area contributed by atoms with Crippen molar-refractivity contribution in [2.24, 2.45) is 0 Å². The van der Waals surface area contributed by atoms with Crippen LogP contribution in [-0.4, -0.2) is 29.4 Å². The van der Waals surface area contributed by atoms with Gasteiger partial charge in [-0.25, -0.2) is 9.97 Å². The summed E-state index contributed by atoms with van der Waals surface area (Å²) in [6.07, 6.45) is 1.06. The molecule has 0 radical (unpaired) electrons. The van der Waals surface area contributed by atoms with E-state index in [-0.39, 0.29) is 5.75 Å². The van der Waals surface area contributed by atoms with Crippen molar-refractivity contribution in [1.29, 1.82) is 0 Å². The average molecular weight is 363 g/mol. The van der Waals surface area contributed by atoms with Crippen LogP contribution in [0.25, 0.3) is 11.3 Å². The molecule has 1 aliphatic heterocycles. The first-order valence-electron chi connectivity index (χ1n) is 8.98. The Morgan fingerprint density at radius 3 is 2.27 bits per heavy atom. The predicted octanol–water partition coefficient (Wildman–Crippen LogP) is 4.91. The van der Waals surface area contributed by atoms with Gasteiger partial charge in [0.1, 0.15) is 17.4 Å². The molecule has 1 saturated heterocycles. The van der Waals surface area contributed by atoms with Gasteiger partial charge >= 0.3 is 6.36 Å². The topological polar surface area (TPSA) is 38.2 Å². The molecule has 2 aromatic rings. The number of piperidine rings is 1. The molecule has 0 bridgehead atoms. The van der Waals surface area contributed by atoms with E-state index >= 15 is 0 Å². The van der Waals surface area contributed by atoms with Gasteiger partial charge in [-0.3, -0.25) is 0 Å². The number of ether oxygens (including phenoxy) is 1. The monoisotopic (exact) mass is 363 g/mol. The van der Waals surface area contributed by atoms with Crippen LogP contribution in [0.2, 0.25) is 0 Å². The lowest BCUT2D eigenvalue weighted by Gasteiger charge is -2.28. The van der Waals surface area contributed by atoms with Crippen molar-refractivity contribution in [3.05, 3.63) is 36.2 Å². The first kappa shape index (κ1) is 17.1. The maximum Gasteiger partial charge on any atom is 0.573 e. The van der Waals surface area contributed by atoms with Gasteiger partial charge < -0.3 is 9.64 Å². The van der Waals surface area contributed by atoms with Gasteiger partial charge in [-0.05, 0) is 56.4 Å². The van der Waals surface area contributed by atoms with E-state index in [0.717, 1.165) is 61.7 Å². The van der Waals surface area contributed by atoms with Gasteiger partial charge in [0, 0.05) is 30.6 Å². The van der Waals surface area contributed by atoms with Crippen LogP contribution in [0.1, 0.15) is 43.8 Å². The molecule has 138 valence electrons. The summed E-state index contributed by atoms with van der Waals surface area (Å²) in [7, 11) is 0. The van der Waals surface area contributed by atoms with Crippen LogP contribution in [0, 0.1) is 0 Å². The molecule has 0 spiro atoms. The molecule has 26 heavy (non-hydrogen) atoms. The number of nitrogens with zero attached hydrogens (tertiary/aromatic N) is 3. The maximum atomic E-state index is 12.3. The van der Waals surface area contributed by atoms with Crippen LogP contribution >= 0.6 is 0 Å². The summed E-state index contributed by atoms with van der Waals surface area (Å²) in [5.41, 5.74) is 1.52. The van der Waals surface area contributed by atoms with Crippen LogP contribution in [0.15, 0.2) is 30.3 Å². The molecule has 1 aliphatic carbocycles. The third-order valence-corrected chi connectivity index (χ3v) is 4.74. The fourth-order valence-corrected chi connectivity index (χ4v) is 3.24. The number of rotatable bonds is 4. The quantitative estimate of drug-likeness (QED) is 0.774. The Morgan fingerprint density at radius 1 is 0.962 bits per heavy atom. The summed E-state index contributed by atoms with van der Waals surface area (Å²) in [6, 6.07) is 7.81. The molecule has 2 aliphatic rings. The highest BCUT2D eigenvalue weighted by atomic mass is 19.4. The summed E-state index contributed by atoms with van der Waals surface area (Å²) < 4.78 is 40.9. The van der Waals surface area contributed by atoms with E-state index in [1.165, 1.54) is 18.6 Å². The first-order valence-corrected chi connectivity index (χ1v) is 8.98. The van der Waals surface area contributed by atoms with Crippen molar-refractivity contribution in [2.75, 3.05) is 18.0 Å². The molecule has 2 heterocycles. The van der Waals surface area contributed by atoms with Gasteiger partial charge in [-0.2, -0.15) is 0 Å². The van der Waals surface area contributed by atoms with Crippen molar-refractivity contribution in [2.45, 2.75) is 44.4 Å². The second-order valence-electron chi connectivity index (χ2n) is 6.86. The van der Waals surface area contributed by atoms with Gasteiger partial charge in [0.15, 0.2) is 0 Å². The summed E-state index contributed by atoms with van der Waals surface area (Å²) in [5.74, 6) is 1.95.